The maximum atomic E-state index is 13.7. The number of carbonyl (C=O) groups is 4. The smallest absolute Gasteiger partial charge is 0.243 e. The Bertz CT molecular complexity index is 1230. The second-order valence-corrected chi connectivity index (χ2v) is 13.0. The second-order valence-electron chi connectivity index (χ2n) is 13.0. The van der Waals surface area contributed by atoms with Crippen molar-refractivity contribution in [2.45, 2.75) is 103 Å². The topological polar surface area (TPSA) is 143 Å². The molecule has 1 unspecified atom stereocenters. The summed E-state index contributed by atoms with van der Waals surface area (Å²) in [6, 6.07) is 15.8. The highest BCUT2D eigenvalue weighted by Gasteiger charge is 2.50. The standard InChI is InChI=1S/C35H50N4O5/c1-23(2)16-19-28(37-32(41)27(36)18-17-25-12-8-6-9-13-25)33(42)39-30(21-26-14-10-7-11-15-26)34(43)38-29(20-24(3)4)31(40)35(5)22-44-35/h6-15,23-24,27-30H,16-22,36H2,1-5H3,(H,37,41)(H,38,43)(H,39,42)/t27-,28-,29?,30-,35+/m0/s1. The lowest BCUT2D eigenvalue weighted by Crippen LogP contribution is -2.58. The van der Waals surface area contributed by atoms with Crippen LogP contribution in [-0.2, 0) is 36.8 Å². The number of epoxide rings is 1. The number of Topliss-reactive ketones (excluding diaryl/α,β-unsaturated/α-hetero) is 1. The van der Waals surface area contributed by atoms with Crippen molar-refractivity contribution in [3.05, 3.63) is 71.8 Å². The van der Waals surface area contributed by atoms with Crippen LogP contribution in [0.5, 0.6) is 0 Å². The molecule has 5 N–H and O–H groups in total. The molecule has 1 fully saturated rings. The Morgan fingerprint density at radius 3 is 1.80 bits per heavy atom. The molecular weight excluding hydrogens is 556 g/mol. The zero-order chi connectivity index (χ0) is 32.3. The highest BCUT2D eigenvalue weighted by Crippen LogP contribution is 2.29. The van der Waals surface area contributed by atoms with E-state index >= 15 is 0 Å². The first-order valence-electron chi connectivity index (χ1n) is 15.8. The molecule has 0 aromatic heterocycles. The maximum absolute atomic E-state index is 13.7. The number of rotatable bonds is 18. The summed E-state index contributed by atoms with van der Waals surface area (Å²) in [6.45, 7) is 10.1. The Labute approximate surface area is 262 Å². The number of benzene rings is 2. The zero-order valence-electron chi connectivity index (χ0n) is 26.8. The molecule has 1 aliphatic heterocycles. The summed E-state index contributed by atoms with van der Waals surface area (Å²) >= 11 is 0. The van der Waals surface area contributed by atoms with Crippen LogP contribution in [0, 0.1) is 11.8 Å². The van der Waals surface area contributed by atoms with Crippen LogP contribution in [0.2, 0.25) is 0 Å². The van der Waals surface area contributed by atoms with E-state index in [0.717, 1.165) is 11.1 Å². The van der Waals surface area contributed by atoms with Gasteiger partial charge in [0.15, 0.2) is 5.78 Å². The minimum Gasteiger partial charge on any atom is -0.361 e. The average Bonchev–Trinajstić information content (AvgIpc) is 3.75. The number of nitrogens with two attached hydrogens (primary N) is 1. The van der Waals surface area contributed by atoms with E-state index in [1.165, 1.54) is 0 Å². The predicted molar refractivity (Wildman–Crippen MR) is 172 cm³/mol. The molecular formula is C35H50N4O5. The molecule has 0 saturated carbocycles. The van der Waals surface area contributed by atoms with Crippen molar-refractivity contribution in [1.82, 2.24) is 16.0 Å². The fourth-order valence-electron chi connectivity index (χ4n) is 5.07. The Morgan fingerprint density at radius 2 is 1.25 bits per heavy atom. The lowest BCUT2D eigenvalue weighted by Gasteiger charge is -2.27. The molecule has 2 aromatic rings. The van der Waals surface area contributed by atoms with Crippen molar-refractivity contribution in [2.75, 3.05) is 6.61 Å². The summed E-state index contributed by atoms with van der Waals surface area (Å²) in [6.07, 6.45) is 2.82. The van der Waals surface area contributed by atoms with Crippen LogP contribution in [0.3, 0.4) is 0 Å². The van der Waals surface area contributed by atoms with Crippen LogP contribution < -0.4 is 21.7 Å². The van der Waals surface area contributed by atoms with Gasteiger partial charge in [0.05, 0.1) is 18.7 Å². The summed E-state index contributed by atoms with van der Waals surface area (Å²) < 4.78 is 5.38. The van der Waals surface area contributed by atoms with Gasteiger partial charge in [0.25, 0.3) is 0 Å². The van der Waals surface area contributed by atoms with Crippen molar-refractivity contribution in [2.24, 2.45) is 17.6 Å². The molecule has 1 heterocycles. The van der Waals surface area contributed by atoms with Gasteiger partial charge in [0.2, 0.25) is 17.7 Å². The summed E-state index contributed by atoms with van der Waals surface area (Å²) in [5, 5.41) is 8.66. The first-order chi connectivity index (χ1) is 20.9. The molecule has 3 amide bonds. The van der Waals surface area contributed by atoms with Gasteiger partial charge in [-0.2, -0.15) is 0 Å². The molecule has 0 aliphatic carbocycles. The van der Waals surface area contributed by atoms with E-state index in [0.29, 0.717) is 44.6 Å². The fraction of sp³-hybridized carbons (Fsp3) is 0.543. The van der Waals surface area contributed by atoms with Gasteiger partial charge in [-0.25, -0.2) is 0 Å². The summed E-state index contributed by atoms with van der Waals surface area (Å²) in [5.41, 5.74) is 7.27. The molecule has 9 heteroatoms. The number of amides is 3. The minimum atomic E-state index is -0.967. The van der Waals surface area contributed by atoms with E-state index in [2.05, 4.69) is 16.0 Å². The van der Waals surface area contributed by atoms with Crippen molar-refractivity contribution >= 4 is 23.5 Å². The van der Waals surface area contributed by atoms with Gasteiger partial charge in [0.1, 0.15) is 17.7 Å². The van der Waals surface area contributed by atoms with Gasteiger partial charge in [-0.15, -0.1) is 0 Å². The van der Waals surface area contributed by atoms with Gasteiger partial charge in [-0.1, -0.05) is 88.4 Å². The van der Waals surface area contributed by atoms with E-state index < -0.39 is 47.5 Å². The summed E-state index contributed by atoms with van der Waals surface area (Å²) in [4.78, 5) is 53.8. The highest BCUT2D eigenvalue weighted by molar-refractivity contribution is 5.98. The monoisotopic (exact) mass is 606 g/mol. The highest BCUT2D eigenvalue weighted by atomic mass is 16.6. The first-order valence-corrected chi connectivity index (χ1v) is 15.8. The average molecular weight is 607 g/mol. The van der Waals surface area contributed by atoms with E-state index in [4.69, 9.17) is 10.5 Å². The lowest BCUT2D eigenvalue weighted by atomic mass is 9.93. The Hall–Kier alpha value is -3.56. The SMILES string of the molecule is CC(C)CC[C@H](NC(=O)[C@@H](N)CCc1ccccc1)C(=O)N[C@@H](Cc1ccccc1)C(=O)NC(CC(C)C)C(=O)[C@@]1(C)CO1. The molecule has 3 rings (SSSR count). The molecule has 9 nitrogen and oxygen atoms in total. The molecule has 0 bridgehead atoms. The number of nitrogens with one attached hydrogen (secondary N) is 3. The maximum Gasteiger partial charge on any atom is 0.243 e. The van der Waals surface area contributed by atoms with E-state index in [-0.39, 0.29) is 18.1 Å². The van der Waals surface area contributed by atoms with Gasteiger partial charge < -0.3 is 26.4 Å². The molecule has 2 aromatic carbocycles. The normalized spacial score (nSPS) is 18.6. The molecule has 1 aliphatic rings. The Morgan fingerprint density at radius 1 is 0.727 bits per heavy atom. The molecule has 5 atom stereocenters. The predicted octanol–water partition coefficient (Wildman–Crippen LogP) is 3.48. The third-order valence-electron chi connectivity index (χ3n) is 7.94. The van der Waals surface area contributed by atoms with Crippen molar-refractivity contribution in [3.63, 3.8) is 0 Å². The molecule has 44 heavy (non-hydrogen) atoms. The van der Waals surface area contributed by atoms with Crippen LogP contribution >= 0.6 is 0 Å². The van der Waals surface area contributed by atoms with Crippen molar-refractivity contribution in [3.8, 4) is 0 Å². The van der Waals surface area contributed by atoms with Gasteiger partial charge in [-0.05, 0) is 62.0 Å². The van der Waals surface area contributed by atoms with Crippen molar-refractivity contribution in [1.29, 1.82) is 0 Å². The number of hydrogen-bond donors (Lipinski definition) is 4. The van der Waals surface area contributed by atoms with Crippen LogP contribution in [0.15, 0.2) is 60.7 Å². The quantitative estimate of drug-likeness (QED) is 0.191. The lowest BCUT2D eigenvalue weighted by molar-refractivity contribution is -0.134. The largest absolute Gasteiger partial charge is 0.361 e. The zero-order valence-corrected chi connectivity index (χ0v) is 26.8. The minimum absolute atomic E-state index is 0.149. The number of aryl methyl sites for hydroxylation is 1. The summed E-state index contributed by atoms with van der Waals surface area (Å²) in [5.74, 6) is -1.06. The summed E-state index contributed by atoms with van der Waals surface area (Å²) in [7, 11) is 0. The van der Waals surface area contributed by atoms with E-state index in [9.17, 15) is 19.2 Å². The Kier molecular flexibility index (Phi) is 13.1. The molecule has 0 spiro atoms. The molecule has 1 saturated heterocycles. The number of ether oxygens (including phenoxy) is 1. The van der Waals surface area contributed by atoms with Crippen molar-refractivity contribution < 1.29 is 23.9 Å². The number of ketones is 1. The number of carbonyl (C=O) groups excluding carboxylic acids is 4. The van der Waals surface area contributed by atoms with Gasteiger partial charge >= 0.3 is 0 Å². The van der Waals surface area contributed by atoms with Crippen LogP contribution in [0.1, 0.15) is 71.4 Å². The van der Waals surface area contributed by atoms with Gasteiger partial charge in [0, 0.05) is 6.42 Å². The van der Waals surface area contributed by atoms with Gasteiger partial charge in [-0.3, -0.25) is 19.2 Å². The van der Waals surface area contributed by atoms with Crippen LogP contribution in [-0.4, -0.2) is 59.9 Å². The molecule has 240 valence electrons. The van der Waals surface area contributed by atoms with E-state index in [1.54, 1.807) is 6.92 Å². The third-order valence-corrected chi connectivity index (χ3v) is 7.94. The molecule has 0 radical (unpaired) electrons. The van der Waals surface area contributed by atoms with Crippen LogP contribution in [0.25, 0.3) is 0 Å². The fourth-order valence-corrected chi connectivity index (χ4v) is 5.07. The second kappa shape index (κ2) is 16.5. The Balaban J connectivity index is 1.75. The first kappa shape index (κ1) is 34.9. The third kappa shape index (κ3) is 11.2. The van der Waals surface area contributed by atoms with E-state index in [1.807, 2.05) is 88.4 Å². The number of hydrogen-bond acceptors (Lipinski definition) is 6. The van der Waals surface area contributed by atoms with Crippen LogP contribution in [0.4, 0.5) is 0 Å².